The summed E-state index contributed by atoms with van der Waals surface area (Å²) < 4.78 is 5.25. The molecule has 0 radical (unpaired) electrons. The van der Waals surface area contributed by atoms with Gasteiger partial charge in [0.05, 0.1) is 25.1 Å². The SMILES string of the molecule is COc1ccc(N(Cc2cccs2)C(=O)CN2CCN(C(=O)c3cccs3)CC2)cc1. The molecule has 1 saturated heterocycles. The molecule has 0 bridgehead atoms. The summed E-state index contributed by atoms with van der Waals surface area (Å²) in [6.45, 7) is 3.53. The number of piperazine rings is 1. The van der Waals surface area contributed by atoms with Gasteiger partial charge in [-0.2, -0.15) is 0 Å². The van der Waals surface area contributed by atoms with Crippen LogP contribution in [0.25, 0.3) is 0 Å². The molecule has 0 aliphatic carbocycles. The average molecular weight is 456 g/mol. The molecule has 3 heterocycles. The van der Waals surface area contributed by atoms with Crippen molar-refractivity contribution in [1.82, 2.24) is 9.80 Å². The second-order valence-corrected chi connectivity index (χ2v) is 9.28. The third-order valence-electron chi connectivity index (χ3n) is 5.33. The highest BCUT2D eigenvalue weighted by Crippen LogP contribution is 2.23. The van der Waals surface area contributed by atoms with Gasteiger partial charge in [0.1, 0.15) is 5.75 Å². The molecule has 162 valence electrons. The topological polar surface area (TPSA) is 53.1 Å². The Kier molecular flexibility index (Phi) is 7.01. The van der Waals surface area contributed by atoms with Gasteiger partial charge in [-0.15, -0.1) is 22.7 Å². The molecular weight excluding hydrogens is 430 g/mol. The third kappa shape index (κ3) is 5.33. The molecule has 4 rings (SSSR count). The Hall–Kier alpha value is -2.68. The minimum absolute atomic E-state index is 0.0524. The molecule has 31 heavy (non-hydrogen) atoms. The maximum Gasteiger partial charge on any atom is 0.264 e. The number of thiophene rings is 2. The summed E-state index contributed by atoms with van der Waals surface area (Å²) in [6.07, 6.45) is 0. The number of carbonyl (C=O) groups is 2. The van der Waals surface area contributed by atoms with Crippen LogP contribution in [0.3, 0.4) is 0 Å². The molecule has 0 unspecified atom stereocenters. The fourth-order valence-corrected chi connectivity index (χ4v) is 4.97. The van der Waals surface area contributed by atoms with E-state index in [1.165, 1.54) is 11.3 Å². The summed E-state index contributed by atoms with van der Waals surface area (Å²) in [4.78, 5) is 33.6. The Balaban J connectivity index is 1.39. The molecule has 0 spiro atoms. The monoisotopic (exact) mass is 455 g/mol. The maximum absolute atomic E-state index is 13.3. The van der Waals surface area contributed by atoms with Crippen molar-refractivity contribution >= 4 is 40.2 Å². The van der Waals surface area contributed by atoms with Crippen molar-refractivity contribution < 1.29 is 14.3 Å². The van der Waals surface area contributed by atoms with Crippen LogP contribution < -0.4 is 9.64 Å². The molecule has 1 fully saturated rings. The highest BCUT2D eigenvalue weighted by atomic mass is 32.1. The summed E-state index contributed by atoms with van der Waals surface area (Å²) in [6, 6.07) is 15.4. The van der Waals surface area contributed by atoms with Crippen LogP contribution in [0.15, 0.2) is 59.3 Å². The number of rotatable bonds is 7. The molecule has 2 aromatic heterocycles. The second kappa shape index (κ2) is 10.1. The predicted molar refractivity (Wildman–Crippen MR) is 125 cm³/mol. The lowest BCUT2D eigenvalue weighted by Gasteiger charge is -2.35. The first kappa shape index (κ1) is 21.5. The molecule has 1 aliphatic heterocycles. The first-order valence-corrected chi connectivity index (χ1v) is 11.9. The van der Waals surface area contributed by atoms with Gasteiger partial charge in [-0.3, -0.25) is 14.5 Å². The van der Waals surface area contributed by atoms with E-state index in [9.17, 15) is 9.59 Å². The fraction of sp³-hybridized carbons (Fsp3) is 0.304. The van der Waals surface area contributed by atoms with Crippen LogP contribution in [0, 0.1) is 0 Å². The van der Waals surface area contributed by atoms with Gasteiger partial charge in [-0.1, -0.05) is 12.1 Å². The number of methoxy groups -OCH3 is 1. The lowest BCUT2D eigenvalue weighted by molar-refractivity contribution is -0.120. The minimum Gasteiger partial charge on any atom is -0.497 e. The predicted octanol–water partition coefficient (Wildman–Crippen LogP) is 3.81. The minimum atomic E-state index is 0.0524. The summed E-state index contributed by atoms with van der Waals surface area (Å²) >= 11 is 3.11. The van der Waals surface area contributed by atoms with E-state index in [0.29, 0.717) is 39.3 Å². The zero-order valence-corrected chi connectivity index (χ0v) is 19.0. The number of nitrogens with zero attached hydrogens (tertiary/aromatic N) is 3. The van der Waals surface area contributed by atoms with Crippen LogP contribution in [-0.2, 0) is 11.3 Å². The van der Waals surface area contributed by atoms with Crippen molar-refractivity contribution in [1.29, 1.82) is 0 Å². The van der Waals surface area contributed by atoms with E-state index >= 15 is 0 Å². The van der Waals surface area contributed by atoms with E-state index in [4.69, 9.17) is 4.74 Å². The van der Waals surface area contributed by atoms with Crippen LogP contribution in [-0.4, -0.2) is 61.4 Å². The standard InChI is InChI=1S/C23H25N3O3S2/c1-29-19-8-6-18(7-9-19)26(16-20-4-2-14-30-20)22(27)17-24-10-12-25(13-11-24)23(28)21-5-3-15-31-21/h2-9,14-15H,10-13,16-17H2,1H3. The Morgan fingerprint density at radius 2 is 1.68 bits per heavy atom. The summed E-state index contributed by atoms with van der Waals surface area (Å²) in [5.74, 6) is 0.897. The first-order chi connectivity index (χ1) is 15.1. The van der Waals surface area contributed by atoms with Gasteiger partial charge in [-0.25, -0.2) is 0 Å². The lowest BCUT2D eigenvalue weighted by atomic mass is 10.2. The summed E-state index contributed by atoms with van der Waals surface area (Å²) in [5.41, 5.74) is 0.853. The van der Waals surface area contributed by atoms with Gasteiger partial charge >= 0.3 is 0 Å². The molecule has 8 heteroatoms. The van der Waals surface area contributed by atoms with Gasteiger partial charge in [0.25, 0.3) is 5.91 Å². The van der Waals surface area contributed by atoms with Gasteiger partial charge in [-0.05, 0) is 47.2 Å². The quantitative estimate of drug-likeness (QED) is 0.544. The molecular formula is C23H25N3O3S2. The Bertz CT molecular complexity index is 980. The van der Waals surface area contributed by atoms with Crippen LogP contribution in [0.2, 0.25) is 0 Å². The van der Waals surface area contributed by atoms with Crippen molar-refractivity contribution in [2.45, 2.75) is 6.54 Å². The van der Waals surface area contributed by atoms with E-state index in [1.54, 1.807) is 18.4 Å². The van der Waals surface area contributed by atoms with Crippen LogP contribution in [0.5, 0.6) is 5.75 Å². The number of amides is 2. The number of ether oxygens (including phenoxy) is 1. The van der Waals surface area contributed by atoms with Crippen molar-refractivity contribution in [3.8, 4) is 5.75 Å². The Morgan fingerprint density at radius 3 is 2.29 bits per heavy atom. The molecule has 0 atom stereocenters. The zero-order chi connectivity index (χ0) is 21.6. The highest BCUT2D eigenvalue weighted by Gasteiger charge is 2.26. The number of hydrogen-bond acceptors (Lipinski definition) is 6. The van der Waals surface area contributed by atoms with E-state index in [-0.39, 0.29) is 11.8 Å². The van der Waals surface area contributed by atoms with Crippen molar-refractivity contribution in [3.63, 3.8) is 0 Å². The van der Waals surface area contributed by atoms with E-state index < -0.39 is 0 Å². The van der Waals surface area contributed by atoms with Crippen molar-refractivity contribution in [2.75, 3.05) is 44.7 Å². The molecule has 2 amide bonds. The molecule has 6 nitrogen and oxygen atoms in total. The number of hydrogen-bond donors (Lipinski definition) is 0. The smallest absolute Gasteiger partial charge is 0.264 e. The van der Waals surface area contributed by atoms with Crippen LogP contribution >= 0.6 is 22.7 Å². The normalized spacial score (nSPS) is 14.4. The van der Waals surface area contributed by atoms with Gasteiger partial charge < -0.3 is 14.5 Å². The molecule has 0 saturated carbocycles. The second-order valence-electron chi connectivity index (χ2n) is 7.30. The molecule has 1 aliphatic rings. The van der Waals surface area contributed by atoms with Crippen LogP contribution in [0.4, 0.5) is 5.69 Å². The van der Waals surface area contributed by atoms with E-state index in [2.05, 4.69) is 4.90 Å². The largest absolute Gasteiger partial charge is 0.497 e. The Labute approximate surface area is 190 Å². The lowest BCUT2D eigenvalue weighted by Crippen LogP contribution is -2.51. The van der Waals surface area contributed by atoms with Gasteiger partial charge in [0, 0.05) is 36.7 Å². The zero-order valence-electron chi connectivity index (χ0n) is 17.4. The number of carbonyl (C=O) groups excluding carboxylic acids is 2. The molecule has 0 N–H and O–H groups in total. The highest BCUT2D eigenvalue weighted by molar-refractivity contribution is 7.12. The average Bonchev–Trinajstić information content (AvgIpc) is 3.52. The first-order valence-electron chi connectivity index (χ1n) is 10.2. The molecule has 3 aromatic rings. The van der Waals surface area contributed by atoms with Gasteiger partial charge in [0.15, 0.2) is 0 Å². The Morgan fingerprint density at radius 1 is 0.968 bits per heavy atom. The molecule has 1 aromatic carbocycles. The van der Waals surface area contributed by atoms with Gasteiger partial charge in [0.2, 0.25) is 5.91 Å². The fourth-order valence-electron chi connectivity index (χ4n) is 3.59. The van der Waals surface area contributed by atoms with Crippen molar-refractivity contribution in [3.05, 3.63) is 69.0 Å². The maximum atomic E-state index is 13.3. The number of benzene rings is 1. The van der Waals surface area contributed by atoms with E-state index in [1.807, 2.05) is 69.1 Å². The summed E-state index contributed by atoms with van der Waals surface area (Å²) in [7, 11) is 1.63. The summed E-state index contributed by atoms with van der Waals surface area (Å²) in [5, 5.41) is 3.94. The van der Waals surface area contributed by atoms with E-state index in [0.717, 1.165) is 21.2 Å². The number of anilines is 1. The third-order valence-corrected chi connectivity index (χ3v) is 7.05. The van der Waals surface area contributed by atoms with Crippen molar-refractivity contribution in [2.24, 2.45) is 0 Å². The van der Waals surface area contributed by atoms with Crippen LogP contribution in [0.1, 0.15) is 14.5 Å².